The Bertz CT molecular complexity index is 292. The van der Waals surface area contributed by atoms with Crippen LogP contribution in [0.25, 0.3) is 0 Å². The minimum absolute atomic E-state index is 0.0216. The molecule has 0 bridgehead atoms. The van der Waals surface area contributed by atoms with Crippen molar-refractivity contribution in [2.75, 3.05) is 0 Å². The van der Waals surface area contributed by atoms with E-state index in [1.807, 2.05) is 0 Å². The second kappa shape index (κ2) is 6.81. The zero-order chi connectivity index (χ0) is 13.9. The van der Waals surface area contributed by atoms with Crippen molar-refractivity contribution in [2.24, 2.45) is 29.6 Å². The molecule has 0 aromatic heterocycles. The van der Waals surface area contributed by atoms with Gasteiger partial charge in [0.05, 0.1) is 6.10 Å². The van der Waals surface area contributed by atoms with E-state index in [4.69, 9.17) is 0 Å². The van der Waals surface area contributed by atoms with Crippen molar-refractivity contribution < 1.29 is 5.11 Å². The maximum absolute atomic E-state index is 10.1. The first-order valence-corrected chi connectivity index (χ1v) is 9.46. The number of hydrogen-bond donors (Lipinski definition) is 1. The quantitative estimate of drug-likeness (QED) is 0.755. The highest BCUT2D eigenvalue weighted by Gasteiger charge is 2.41. The fourth-order valence-electron chi connectivity index (χ4n) is 5.86. The highest BCUT2D eigenvalue weighted by Crippen LogP contribution is 2.50. The molecule has 0 amide bonds. The first-order valence-electron chi connectivity index (χ1n) is 9.46. The largest absolute Gasteiger partial charge is 0.393 e. The Balaban J connectivity index is 1.58. The van der Waals surface area contributed by atoms with Crippen molar-refractivity contribution in [2.45, 2.75) is 90.1 Å². The topological polar surface area (TPSA) is 20.2 Å². The van der Waals surface area contributed by atoms with Gasteiger partial charge in [0.2, 0.25) is 0 Å². The standard InChI is InChI=1S/C19H34O/c1-2-4-14-7-9-16(10-8-14)18-6-3-5-15-11-12-17(20)13-19(15)18/h14-20H,2-13H2,1H3. The third kappa shape index (κ3) is 3.24. The van der Waals surface area contributed by atoms with E-state index in [9.17, 15) is 5.11 Å². The van der Waals surface area contributed by atoms with Crippen molar-refractivity contribution in [3.63, 3.8) is 0 Å². The smallest absolute Gasteiger partial charge is 0.0543 e. The van der Waals surface area contributed by atoms with Gasteiger partial charge < -0.3 is 5.11 Å². The van der Waals surface area contributed by atoms with Crippen LogP contribution in [0.1, 0.15) is 84.0 Å². The van der Waals surface area contributed by atoms with E-state index in [0.29, 0.717) is 0 Å². The molecule has 116 valence electrons. The molecule has 1 heteroatoms. The summed E-state index contributed by atoms with van der Waals surface area (Å²) in [5, 5.41) is 10.1. The molecule has 3 fully saturated rings. The Hall–Kier alpha value is -0.0400. The van der Waals surface area contributed by atoms with Crippen molar-refractivity contribution in [1.82, 2.24) is 0 Å². The van der Waals surface area contributed by atoms with E-state index in [1.165, 1.54) is 64.2 Å². The molecule has 4 unspecified atom stereocenters. The summed E-state index contributed by atoms with van der Waals surface area (Å²) >= 11 is 0. The lowest BCUT2D eigenvalue weighted by Gasteiger charge is -2.47. The van der Waals surface area contributed by atoms with Gasteiger partial charge >= 0.3 is 0 Å². The molecule has 3 aliphatic carbocycles. The van der Waals surface area contributed by atoms with Crippen LogP contribution in [0, 0.1) is 29.6 Å². The predicted molar refractivity (Wildman–Crippen MR) is 84.5 cm³/mol. The molecule has 1 N–H and O–H groups in total. The van der Waals surface area contributed by atoms with Gasteiger partial charge in [0, 0.05) is 0 Å². The van der Waals surface area contributed by atoms with E-state index in [-0.39, 0.29) is 6.10 Å². The third-order valence-corrected chi connectivity index (χ3v) is 6.88. The van der Waals surface area contributed by atoms with Gasteiger partial charge in [-0.05, 0) is 68.1 Å². The minimum atomic E-state index is 0.0216. The Morgan fingerprint density at radius 2 is 1.50 bits per heavy atom. The number of aliphatic hydroxyl groups excluding tert-OH is 1. The van der Waals surface area contributed by atoms with Gasteiger partial charge in [0.15, 0.2) is 0 Å². The van der Waals surface area contributed by atoms with Crippen molar-refractivity contribution in [3.8, 4) is 0 Å². The second-order valence-corrected chi connectivity index (χ2v) is 8.06. The lowest BCUT2D eigenvalue weighted by molar-refractivity contribution is -0.00956. The molecule has 3 saturated carbocycles. The molecule has 20 heavy (non-hydrogen) atoms. The Morgan fingerprint density at radius 3 is 2.25 bits per heavy atom. The summed E-state index contributed by atoms with van der Waals surface area (Å²) in [6, 6.07) is 0. The van der Waals surface area contributed by atoms with E-state index in [0.717, 1.165) is 42.4 Å². The molecule has 1 nitrogen and oxygen atoms in total. The molecular weight excluding hydrogens is 244 g/mol. The van der Waals surface area contributed by atoms with Crippen LogP contribution in [0.2, 0.25) is 0 Å². The van der Waals surface area contributed by atoms with E-state index < -0.39 is 0 Å². The number of hydrogen-bond acceptors (Lipinski definition) is 1. The van der Waals surface area contributed by atoms with E-state index in [1.54, 1.807) is 0 Å². The van der Waals surface area contributed by atoms with Gasteiger partial charge in [-0.25, -0.2) is 0 Å². The van der Waals surface area contributed by atoms with Crippen molar-refractivity contribution >= 4 is 0 Å². The van der Waals surface area contributed by atoms with Gasteiger partial charge in [-0.3, -0.25) is 0 Å². The maximum atomic E-state index is 10.1. The lowest BCUT2D eigenvalue weighted by atomic mass is 9.59. The molecule has 0 aromatic carbocycles. The zero-order valence-electron chi connectivity index (χ0n) is 13.4. The molecular formula is C19H34O. The highest BCUT2D eigenvalue weighted by molar-refractivity contribution is 4.91. The summed E-state index contributed by atoms with van der Waals surface area (Å²) in [6.07, 6.45) is 16.8. The second-order valence-electron chi connectivity index (χ2n) is 8.06. The van der Waals surface area contributed by atoms with Crippen LogP contribution in [0.3, 0.4) is 0 Å². The molecule has 0 aromatic rings. The summed E-state index contributed by atoms with van der Waals surface area (Å²) < 4.78 is 0. The highest BCUT2D eigenvalue weighted by atomic mass is 16.3. The maximum Gasteiger partial charge on any atom is 0.0543 e. The average molecular weight is 278 g/mol. The first-order chi connectivity index (χ1) is 9.78. The van der Waals surface area contributed by atoms with Crippen LogP contribution in [-0.4, -0.2) is 11.2 Å². The van der Waals surface area contributed by atoms with Gasteiger partial charge in [-0.1, -0.05) is 45.4 Å². The number of aliphatic hydroxyl groups is 1. The van der Waals surface area contributed by atoms with Gasteiger partial charge in [0.25, 0.3) is 0 Å². The Kier molecular flexibility index (Phi) is 5.07. The first kappa shape index (κ1) is 14.9. The van der Waals surface area contributed by atoms with Gasteiger partial charge in [0.1, 0.15) is 0 Å². The van der Waals surface area contributed by atoms with Crippen molar-refractivity contribution in [3.05, 3.63) is 0 Å². The van der Waals surface area contributed by atoms with E-state index >= 15 is 0 Å². The molecule has 0 spiro atoms. The van der Waals surface area contributed by atoms with Crippen LogP contribution in [0.5, 0.6) is 0 Å². The number of rotatable bonds is 3. The van der Waals surface area contributed by atoms with Gasteiger partial charge in [-0.2, -0.15) is 0 Å². The summed E-state index contributed by atoms with van der Waals surface area (Å²) in [4.78, 5) is 0. The van der Waals surface area contributed by atoms with Crippen LogP contribution < -0.4 is 0 Å². The normalized spacial score (nSPS) is 45.9. The molecule has 0 saturated heterocycles. The molecule has 0 radical (unpaired) electrons. The summed E-state index contributed by atoms with van der Waals surface area (Å²) in [7, 11) is 0. The van der Waals surface area contributed by atoms with Crippen LogP contribution in [-0.2, 0) is 0 Å². The minimum Gasteiger partial charge on any atom is -0.393 e. The van der Waals surface area contributed by atoms with Crippen LogP contribution >= 0.6 is 0 Å². The summed E-state index contributed by atoms with van der Waals surface area (Å²) in [5.41, 5.74) is 0. The fraction of sp³-hybridized carbons (Fsp3) is 1.00. The Labute approximate surface area is 125 Å². The monoisotopic (exact) mass is 278 g/mol. The van der Waals surface area contributed by atoms with E-state index in [2.05, 4.69) is 6.92 Å². The third-order valence-electron chi connectivity index (χ3n) is 6.88. The molecule has 3 aliphatic rings. The SMILES string of the molecule is CCCC1CCC(C2CCCC3CCC(O)CC32)CC1. The summed E-state index contributed by atoms with van der Waals surface area (Å²) in [6.45, 7) is 2.33. The Morgan fingerprint density at radius 1 is 0.800 bits per heavy atom. The summed E-state index contributed by atoms with van der Waals surface area (Å²) in [5.74, 6) is 4.84. The van der Waals surface area contributed by atoms with Crippen molar-refractivity contribution in [1.29, 1.82) is 0 Å². The van der Waals surface area contributed by atoms with Gasteiger partial charge in [-0.15, -0.1) is 0 Å². The molecule has 0 aliphatic heterocycles. The van der Waals surface area contributed by atoms with Crippen LogP contribution in [0.4, 0.5) is 0 Å². The van der Waals surface area contributed by atoms with Crippen LogP contribution in [0.15, 0.2) is 0 Å². The fourth-order valence-corrected chi connectivity index (χ4v) is 5.86. The zero-order valence-corrected chi connectivity index (χ0v) is 13.4. The predicted octanol–water partition coefficient (Wildman–Crippen LogP) is 5.17. The number of fused-ring (bicyclic) bond motifs is 1. The molecule has 0 heterocycles. The molecule has 4 atom stereocenters. The average Bonchev–Trinajstić information content (AvgIpc) is 2.48. The lowest BCUT2D eigenvalue weighted by Crippen LogP contribution is -2.39. The molecule has 3 rings (SSSR count).